The molecule has 0 spiro atoms. The van der Waals surface area contributed by atoms with Gasteiger partial charge in [0.1, 0.15) is 11.8 Å². The van der Waals surface area contributed by atoms with E-state index in [0.29, 0.717) is 17.1 Å². The van der Waals surface area contributed by atoms with Crippen molar-refractivity contribution in [3.05, 3.63) is 47.8 Å². The summed E-state index contributed by atoms with van der Waals surface area (Å²) in [6.45, 7) is -0.0288. The van der Waals surface area contributed by atoms with Crippen LogP contribution in [0, 0.1) is 11.3 Å². The van der Waals surface area contributed by atoms with Gasteiger partial charge in [-0.25, -0.2) is 4.98 Å². The number of nitriles is 1. The normalized spacial score (nSPS) is 9.75. The first-order valence-corrected chi connectivity index (χ1v) is 4.77. The standard InChI is InChI=1S/C12H9N3O/c13-6-10-2-1-3-12(15-10)11-5-4-9(8-16)7-14-11/h1-5,7,16H,8H2. The number of aliphatic hydroxyl groups is 1. The summed E-state index contributed by atoms with van der Waals surface area (Å²) in [6, 6.07) is 10.7. The van der Waals surface area contributed by atoms with Crippen molar-refractivity contribution >= 4 is 0 Å². The van der Waals surface area contributed by atoms with E-state index in [1.807, 2.05) is 6.07 Å². The lowest BCUT2D eigenvalue weighted by Gasteiger charge is -2.01. The molecule has 0 atom stereocenters. The number of hydrogen-bond acceptors (Lipinski definition) is 4. The number of rotatable bonds is 2. The maximum atomic E-state index is 8.88. The molecule has 0 aliphatic heterocycles. The van der Waals surface area contributed by atoms with E-state index in [-0.39, 0.29) is 6.61 Å². The largest absolute Gasteiger partial charge is 0.392 e. The number of nitrogens with zero attached hydrogens (tertiary/aromatic N) is 3. The monoisotopic (exact) mass is 211 g/mol. The van der Waals surface area contributed by atoms with Crippen molar-refractivity contribution in [3.8, 4) is 17.5 Å². The Hall–Kier alpha value is -2.25. The summed E-state index contributed by atoms with van der Waals surface area (Å²) in [5, 5.41) is 17.6. The van der Waals surface area contributed by atoms with Crippen molar-refractivity contribution in [3.63, 3.8) is 0 Å². The average molecular weight is 211 g/mol. The van der Waals surface area contributed by atoms with Crippen LogP contribution >= 0.6 is 0 Å². The molecule has 2 aromatic rings. The van der Waals surface area contributed by atoms with Crippen LogP contribution in [0.4, 0.5) is 0 Å². The molecule has 0 aromatic carbocycles. The molecule has 1 N–H and O–H groups in total. The van der Waals surface area contributed by atoms with Crippen molar-refractivity contribution in [2.24, 2.45) is 0 Å². The minimum Gasteiger partial charge on any atom is -0.392 e. The summed E-state index contributed by atoms with van der Waals surface area (Å²) in [4.78, 5) is 8.29. The fourth-order valence-corrected chi connectivity index (χ4v) is 1.31. The fourth-order valence-electron chi connectivity index (χ4n) is 1.31. The van der Waals surface area contributed by atoms with Crippen molar-refractivity contribution in [2.75, 3.05) is 0 Å². The van der Waals surface area contributed by atoms with Gasteiger partial charge in [-0.15, -0.1) is 0 Å². The highest BCUT2D eigenvalue weighted by Gasteiger charge is 2.01. The van der Waals surface area contributed by atoms with E-state index in [9.17, 15) is 0 Å². The van der Waals surface area contributed by atoms with Gasteiger partial charge in [0.05, 0.1) is 18.0 Å². The third-order valence-electron chi connectivity index (χ3n) is 2.13. The molecule has 16 heavy (non-hydrogen) atoms. The first-order chi connectivity index (χ1) is 7.83. The van der Waals surface area contributed by atoms with Gasteiger partial charge in [-0.2, -0.15) is 5.26 Å². The number of hydrogen-bond donors (Lipinski definition) is 1. The molecule has 78 valence electrons. The molecule has 0 aliphatic carbocycles. The first-order valence-electron chi connectivity index (χ1n) is 4.77. The van der Waals surface area contributed by atoms with Gasteiger partial charge < -0.3 is 5.11 Å². The maximum absolute atomic E-state index is 8.88. The molecule has 4 nitrogen and oxygen atoms in total. The molecular formula is C12H9N3O. The van der Waals surface area contributed by atoms with Crippen LogP contribution in [0.3, 0.4) is 0 Å². The highest BCUT2D eigenvalue weighted by Crippen LogP contribution is 2.14. The quantitative estimate of drug-likeness (QED) is 0.817. The number of aromatic nitrogens is 2. The van der Waals surface area contributed by atoms with Crippen LogP contribution in [-0.4, -0.2) is 15.1 Å². The third kappa shape index (κ3) is 2.05. The lowest BCUT2D eigenvalue weighted by Crippen LogP contribution is -1.91. The van der Waals surface area contributed by atoms with Gasteiger partial charge in [-0.1, -0.05) is 12.1 Å². The van der Waals surface area contributed by atoms with Gasteiger partial charge in [0.25, 0.3) is 0 Å². The van der Waals surface area contributed by atoms with E-state index in [1.54, 1.807) is 36.5 Å². The SMILES string of the molecule is N#Cc1cccc(-c2ccc(CO)cn2)n1. The minimum atomic E-state index is -0.0288. The van der Waals surface area contributed by atoms with Gasteiger partial charge in [0.2, 0.25) is 0 Å². The Labute approximate surface area is 92.8 Å². The second-order valence-corrected chi connectivity index (χ2v) is 3.23. The molecule has 0 unspecified atom stereocenters. The van der Waals surface area contributed by atoms with E-state index in [0.717, 1.165) is 5.56 Å². The summed E-state index contributed by atoms with van der Waals surface area (Å²) in [5.41, 5.74) is 2.46. The van der Waals surface area contributed by atoms with Crippen molar-refractivity contribution in [1.82, 2.24) is 9.97 Å². The Kier molecular flexibility index (Phi) is 2.90. The molecule has 0 aliphatic rings. The maximum Gasteiger partial charge on any atom is 0.141 e. The predicted molar refractivity (Wildman–Crippen MR) is 58.1 cm³/mol. The van der Waals surface area contributed by atoms with Gasteiger partial charge >= 0.3 is 0 Å². The van der Waals surface area contributed by atoms with Gasteiger partial charge in [-0.05, 0) is 23.8 Å². The van der Waals surface area contributed by atoms with Crippen molar-refractivity contribution in [1.29, 1.82) is 5.26 Å². The summed E-state index contributed by atoms with van der Waals surface area (Å²) >= 11 is 0. The smallest absolute Gasteiger partial charge is 0.141 e. The van der Waals surface area contributed by atoms with Crippen LogP contribution in [-0.2, 0) is 6.61 Å². The summed E-state index contributed by atoms with van der Waals surface area (Å²) in [5.74, 6) is 0. The zero-order chi connectivity index (χ0) is 11.4. The number of pyridine rings is 2. The molecule has 2 rings (SSSR count). The Morgan fingerprint density at radius 3 is 2.69 bits per heavy atom. The third-order valence-corrected chi connectivity index (χ3v) is 2.13. The van der Waals surface area contributed by atoms with E-state index in [1.165, 1.54) is 0 Å². The molecule has 0 fully saturated rings. The average Bonchev–Trinajstić information content (AvgIpc) is 2.39. The van der Waals surface area contributed by atoms with Crippen LogP contribution < -0.4 is 0 Å². The van der Waals surface area contributed by atoms with E-state index >= 15 is 0 Å². The van der Waals surface area contributed by atoms with Crippen LogP contribution in [0.25, 0.3) is 11.4 Å². The van der Waals surface area contributed by atoms with Crippen LogP contribution in [0.2, 0.25) is 0 Å². The number of aliphatic hydroxyl groups excluding tert-OH is 1. The Balaban J connectivity index is 2.39. The van der Waals surface area contributed by atoms with Gasteiger partial charge in [0.15, 0.2) is 0 Å². The predicted octanol–water partition coefficient (Wildman–Crippen LogP) is 1.51. The topological polar surface area (TPSA) is 69.8 Å². The molecule has 0 radical (unpaired) electrons. The van der Waals surface area contributed by atoms with Gasteiger partial charge in [0, 0.05) is 6.20 Å². The molecule has 0 bridgehead atoms. The summed E-state index contributed by atoms with van der Waals surface area (Å²) in [6.07, 6.45) is 1.59. The molecule has 4 heteroatoms. The Bertz CT molecular complexity index is 529. The summed E-state index contributed by atoms with van der Waals surface area (Å²) < 4.78 is 0. The van der Waals surface area contributed by atoms with Crippen LogP contribution in [0.1, 0.15) is 11.3 Å². The van der Waals surface area contributed by atoms with Crippen molar-refractivity contribution in [2.45, 2.75) is 6.61 Å². The molecule has 2 heterocycles. The van der Waals surface area contributed by atoms with E-state index < -0.39 is 0 Å². The van der Waals surface area contributed by atoms with E-state index in [4.69, 9.17) is 10.4 Å². The highest BCUT2D eigenvalue weighted by atomic mass is 16.3. The van der Waals surface area contributed by atoms with E-state index in [2.05, 4.69) is 9.97 Å². The molecular weight excluding hydrogens is 202 g/mol. The highest BCUT2D eigenvalue weighted by molar-refractivity contribution is 5.54. The fraction of sp³-hybridized carbons (Fsp3) is 0.0833. The zero-order valence-electron chi connectivity index (χ0n) is 8.46. The minimum absolute atomic E-state index is 0.0288. The molecule has 2 aromatic heterocycles. The second kappa shape index (κ2) is 4.51. The lowest BCUT2D eigenvalue weighted by atomic mass is 10.2. The zero-order valence-corrected chi connectivity index (χ0v) is 8.46. The Morgan fingerprint density at radius 1 is 1.19 bits per heavy atom. The second-order valence-electron chi connectivity index (χ2n) is 3.23. The Morgan fingerprint density at radius 2 is 2.06 bits per heavy atom. The molecule has 0 saturated carbocycles. The molecule has 0 saturated heterocycles. The van der Waals surface area contributed by atoms with Crippen LogP contribution in [0.5, 0.6) is 0 Å². The van der Waals surface area contributed by atoms with Crippen LogP contribution in [0.15, 0.2) is 36.5 Å². The van der Waals surface area contributed by atoms with Crippen molar-refractivity contribution < 1.29 is 5.11 Å². The summed E-state index contributed by atoms with van der Waals surface area (Å²) in [7, 11) is 0. The lowest BCUT2D eigenvalue weighted by molar-refractivity contribution is 0.281. The van der Waals surface area contributed by atoms with Gasteiger partial charge in [-0.3, -0.25) is 4.98 Å². The first kappa shape index (κ1) is 10.3. The molecule has 0 amide bonds.